The zero-order valence-electron chi connectivity index (χ0n) is 12.5. The van der Waals surface area contributed by atoms with Gasteiger partial charge in [0.15, 0.2) is 5.75 Å². The van der Waals surface area contributed by atoms with Crippen molar-refractivity contribution in [3.8, 4) is 5.75 Å². The molecule has 2 rings (SSSR count). The largest absolute Gasteiger partial charge is 0.503 e. The van der Waals surface area contributed by atoms with E-state index in [1.54, 1.807) is 11.6 Å². The third kappa shape index (κ3) is 3.45. The van der Waals surface area contributed by atoms with Crippen molar-refractivity contribution in [3.05, 3.63) is 27.7 Å². The first-order valence-electron chi connectivity index (χ1n) is 6.76. The Kier molecular flexibility index (Phi) is 4.40. The zero-order valence-corrected chi connectivity index (χ0v) is 13.4. The number of sulfonamides is 1. The Morgan fingerprint density at radius 2 is 1.81 bits per heavy atom. The topological polar surface area (TPSA) is 82.8 Å². The van der Waals surface area contributed by atoms with Crippen molar-refractivity contribution in [2.45, 2.75) is 13.5 Å². The molecule has 0 unspecified atom stereocenters. The molecule has 1 saturated heterocycles. The second-order valence-corrected chi connectivity index (χ2v) is 7.42. The second-order valence-electron chi connectivity index (χ2n) is 5.44. The van der Waals surface area contributed by atoms with Crippen molar-refractivity contribution in [2.24, 2.45) is 7.05 Å². The maximum absolute atomic E-state index is 11.7. The Labute approximate surface area is 124 Å². The van der Waals surface area contributed by atoms with Gasteiger partial charge in [0.2, 0.25) is 15.5 Å². The number of aromatic nitrogens is 1. The predicted molar refractivity (Wildman–Crippen MR) is 79.8 cm³/mol. The summed E-state index contributed by atoms with van der Waals surface area (Å²) >= 11 is 0. The highest BCUT2D eigenvalue weighted by atomic mass is 32.2. The quantitative estimate of drug-likeness (QED) is 0.811. The number of hydrogen-bond donors (Lipinski definition) is 1. The van der Waals surface area contributed by atoms with Crippen LogP contribution in [0.4, 0.5) is 0 Å². The molecule has 1 aromatic rings. The van der Waals surface area contributed by atoms with E-state index in [-0.39, 0.29) is 11.2 Å². The van der Waals surface area contributed by atoms with Gasteiger partial charge in [-0.3, -0.25) is 9.69 Å². The fourth-order valence-corrected chi connectivity index (χ4v) is 3.31. The maximum atomic E-state index is 11.7. The predicted octanol–water partition coefficient (Wildman–Crippen LogP) is -0.523. The molecule has 0 aliphatic carbocycles. The average Bonchev–Trinajstić information content (AvgIpc) is 2.41. The van der Waals surface area contributed by atoms with Gasteiger partial charge >= 0.3 is 0 Å². The number of aromatic hydroxyl groups is 1. The molecule has 2 heterocycles. The van der Waals surface area contributed by atoms with Crippen molar-refractivity contribution < 1.29 is 13.5 Å². The normalized spacial score (nSPS) is 18.0. The molecule has 0 saturated carbocycles. The molecule has 118 valence electrons. The third-order valence-electron chi connectivity index (χ3n) is 3.95. The summed E-state index contributed by atoms with van der Waals surface area (Å²) in [6.45, 7) is 4.25. The van der Waals surface area contributed by atoms with Crippen LogP contribution in [0.5, 0.6) is 5.75 Å². The first kappa shape index (κ1) is 16.0. The summed E-state index contributed by atoms with van der Waals surface area (Å²) in [5.74, 6) is -0.228. The number of nitrogens with zero attached hydrogens (tertiary/aromatic N) is 3. The van der Waals surface area contributed by atoms with E-state index < -0.39 is 10.0 Å². The van der Waals surface area contributed by atoms with Gasteiger partial charge in [-0.05, 0) is 6.92 Å². The first-order chi connectivity index (χ1) is 9.70. The molecule has 0 radical (unpaired) electrons. The van der Waals surface area contributed by atoms with Gasteiger partial charge in [0.05, 0.1) is 11.9 Å². The van der Waals surface area contributed by atoms with Crippen molar-refractivity contribution in [2.75, 3.05) is 32.4 Å². The summed E-state index contributed by atoms with van der Waals surface area (Å²) in [5.41, 5.74) is 0.964. The van der Waals surface area contributed by atoms with Gasteiger partial charge in [-0.15, -0.1) is 0 Å². The highest BCUT2D eigenvalue weighted by Crippen LogP contribution is 2.17. The molecule has 0 bridgehead atoms. The minimum absolute atomic E-state index is 0.228. The number of aryl methyl sites for hydroxylation is 1. The van der Waals surface area contributed by atoms with Crippen LogP contribution in [0.25, 0.3) is 0 Å². The summed E-state index contributed by atoms with van der Waals surface area (Å²) < 4.78 is 26.2. The summed E-state index contributed by atoms with van der Waals surface area (Å²) in [6.07, 6.45) is 1.21. The lowest BCUT2D eigenvalue weighted by molar-refractivity contribution is 0.177. The van der Waals surface area contributed by atoms with Gasteiger partial charge in [-0.25, -0.2) is 8.42 Å². The minimum Gasteiger partial charge on any atom is -0.503 e. The van der Waals surface area contributed by atoms with E-state index in [1.807, 2.05) is 11.8 Å². The van der Waals surface area contributed by atoms with Crippen LogP contribution in [0.1, 0.15) is 11.4 Å². The maximum Gasteiger partial charge on any atom is 0.223 e. The van der Waals surface area contributed by atoms with Crippen LogP contribution in [0.3, 0.4) is 0 Å². The van der Waals surface area contributed by atoms with E-state index in [0.29, 0.717) is 38.4 Å². The molecular formula is C13H21N3O4S. The number of piperazine rings is 1. The molecule has 1 fully saturated rings. The SMILES string of the molecule is Cc1cc(=O)c(O)c(CN2CCN(S(C)(=O)=O)CC2)n1C. The summed E-state index contributed by atoms with van der Waals surface area (Å²) in [7, 11) is -1.35. The fraction of sp³-hybridized carbons (Fsp3) is 0.615. The minimum atomic E-state index is -3.15. The Balaban J connectivity index is 2.13. The molecule has 1 aliphatic rings. The lowest BCUT2D eigenvalue weighted by Gasteiger charge is -2.33. The number of rotatable bonds is 3. The van der Waals surface area contributed by atoms with E-state index >= 15 is 0 Å². The summed E-state index contributed by atoms with van der Waals surface area (Å²) in [4.78, 5) is 13.7. The zero-order chi connectivity index (χ0) is 15.8. The van der Waals surface area contributed by atoms with E-state index in [1.165, 1.54) is 16.6 Å². The van der Waals surface area contributed by atoms with Crippen molar-refractivity contribution in [3.63, 3.8) is 0 Å². The molecule has 0 atom stereocenters. The van der Waals surface area contributed by atoms with Crippen LogP contribution in [0.15, 0.2) is 10.9 Å². The van der Waals surface area contributed by atoms with Crippen LogP contribution in [-0.2, 0) is 23.6 Å². The highest BCUT2D eigenvalue weighted by Gasteiger charge is 2.24. The smallest absolute Gasteiger partial charge is 0.223 e. The van der Waals surface area contributed by atoms with E-state index in [2.05, 4.69) is 0 Å². The molecule has 7 nitrogen and oxygen atoms in total. The van der Waals surface area contributed by atoms with Gasteiger partial charge in [-0.1, -0.05) is 0 Å². The van der Waals surface area contributed by atoms with Crippen molar-refractivity contribution in [1.82, 2.24) is 13.8 Å². The number of hydrogen-bond acceptors (Lipinski definition) is 5. The second kappa shape index (κ2) is 5.78. The van der Waals surface area contributed by atoms with Crippen LogP contribution in [0.2, 0.25) is 0 Å². The lowest BCUT2D eigenvalue weighted by Crippen LogP contribution is -2.48. The Morgan fingerprint density at radius 1 is 1.24 bits per heavy atom. The molecule has 1 aliphatic heterocycles. The Bertz CT molecular complexity index is 688. The summed E-state index contributed by atoms with van der Waals surface area (Å²) in [5, 5.41) is 9.95. The molecule has 0 amide bonds. The third-order valence-corrected chi connectivity index (χ3v) is 5.26. The van der Waals surface area contributed by atoms with E-state index in [0.717, 1.165) is 5.69 Å². The van der Waals surface area contributed by atoms with Crippen molar-refractivity contribution in [1.29, 1.82) is 0 Å². The molecule has 1 aromatic heterocycles. The van der Waals surface area contributed by atoms with E-state index in [4.69, 9.17) is 0 Å². The van der Waals surface area contributed by atoms with Crippen LogP contribution < -0.4 is 5.43 Å². The van der Waals surface area contributed by atoms with Crippen LogP contribution in [-0.4, -0.2) is 59.7 Å². The van der Waals surface area contributed by atoms with Gasteiger partial charge in [0, 0.05) is 51.5 Å². The Morgan fingerprint density at radius 3 is 2.33 bits per heavy atom. The average molecular weight is 315 g/mol. The van der Waals surface area contributed by atoms with Crippen LogP contribution >= 0.6 is 0 Å². The Hall–Kier alpha value is -1.38. The van der Waals surface area contributed by atoms with Gasteiger partial charge in [0.25, 0.3) is 0 Å². The van der Waals surface area contributed by atoms with Gasteiger partial charge in [0.1, 0.15) is 0 Å². The molecule has 0 spiro atoms. The standard InChI is InChI=1S/C13H21N3O4S/c1-10-8-12(17)13(18)11(14(10)2)9-15-4-6-16(7-5-15)21(3,19)20/h8,18H,4-7,9H2,1-3H3. The van der Waals surface area contributed by atoms with Crippen molar-refractivity contribution >= 4 is 10.0 Å². The molecule has 1 N–H and O–H groups in total. The fourth-order valence-electron chi connectivity index (χ4n) is 2.48. The van der Waals surface area contributed by atoms with Gasteiger partial charge < -0.3 is 9.67 Å². The highest BCUT2D eigenvalue weighted by molar-refractivity contribution is 7.88. The van der Waals surface area contributed by atoms with E-state index in [9.17, 15) is 18.3 Å². The summed E-state index contributed by atoms with van der Waals surface area (Å²) in [6, 6.07) is 1.40. The molecule has 0 aromatic carbocycles. The van der Waals surface area contributed by atoms with Gasteiger partial charge in [-0.2, -0.15) is 4.31 Å². The molecule has 21 heavy (non-hydrogen) atoms. The first-order valence-corrected chi connectivity index (χ1v) is 8.61. The van der Waals surface area contributed by atoms with Crippen LogP contribution in [0, 0.1) is 6.92 Å². The lowest BCUT2D eigenvalue weighted by atomic mass is 10.2. The number of pyridine rings is 1. The molecule has 8 heteroatoms. The monoisotopic (exact) mass is 315 g/mol. The molecular weight excluding hydrogens is 294 g/mol.